The van der Waals surface area contributed by atoms with Crippen LogP contribution in [0, 0.1) is 0 Å². The number of thioether (sulfide) groups is 1. The number of nitrogens with zero attached hydrogens (tertiary/aromatic N) is 2. The second-order valence-corrected chi connectivity index (χ2v) is 9.35. The number of aliphatic imine (C=N–C) groups is 1. The number of rotatable bonds is 7. The van der Waals surface area contributed by atoms with Crippen molar-refractivity contribution in [2.75, 3.05) is 26.7 Å². The number of hydrogen-bond donors (Lipinski definition) is 1. The van der Waals surface area contributed by atoms with Crippen LogP contribution >= 0.6 is 23.4 Å². The lowest BCUT2D eigenvalue weighted by Crippen LogP contribution is -2.28. The summed E-state index contributed by atoms with van der Waals surface area (Å²) in [6.45, 7) is 1.61. The van der Waals surface area contributed by atoms with Crippen LogP contribution in [0.3, 0.4) is 0 Å². The first-order chi connectivity index (χ1) is 17.1. The molecule has 0 radical (unpaired) electrons. The zero-order chi connectivity index (χ0) is 25.9. The molecule has 0 spiro atoms. The van der Waals surface area contributed by atoms with Gasteiger partial charge in [0.2, 0.25) is 5.91 Å². The third kappa shape index (κ3) is 6.14. The summed E-state index contributed by atoms with van der Waals surface area (Å²) < 4.78 is 51.0. The first-order valence-corrected chi connectivity index (χ1v) is 12.1. The summed E-state index contributed by atoms with van der Waals surface area (Å²) in [5, 5.41) is 3.06. The minimum absolute atomic E-state index is 0.0645. The van der Waals surface area contributed by atoms with Crippen LogP contribution in [0.4, 0.5) is 13.2 Å². The second kappa shape index (κ2) is 10.8. The van der Waals surface area contributed by atoms with Crippen LogP contribution in [0.2, 0.25) is 5.02 Å². The minimum Gasteiger partial charge on any atom is -0.493 e. The maximum absolute atomic E-state index is 13.4. The molecule has 0 aliphatic carbocycles. The van der Waals surface area contributed by atoms with Crippen LogP contribution in [-0.2, 0) is 15.8 Å². The standard InChI is InChI=1S/C24H21ClF3N3O4S/c1-34-19-11-14(4-6-18(19)35-17-7-5-15(25)13-16(17)24(26,27)28)12-20-22(33)30-23(36-20)29-8-10-31-9-2-3-21(31)32/h4-7,11-13H,2-3,8-10H2,1H3,(H,29,30,33). The quantitative estimate of drug-likeness (QED) is 0.480. The Morgan fingerprint density at radius 1 is 1.17 bits per heavy atom. The van der Waals surface area contributed by atoms with E-state index in [1.54, 1.807) is 23.1 Å². The summed E-state index contributed by atoms with van der Waals surface area (Å²) in [5.74, 6) is -0.384. The highest BCUT2D eigenvalue weighted by Crippen LogP contribution is 2.42. The van der Waals surface area contributed by atoms with Crippen LogP contribution < -0.4 is 14.8 Å². The predicted molar refractivity (Wildman–Crippen MR) is 131 cm³/mol. The molecule has 4 rings (SSSR count). The van der Waals surface area contributed by atoms with E-state index in [1.807, 2.05) is 0 Å². The van der Waals surface area contributed by atoms with E-state index >= 15 is 0 Å². The van der Waals surface area contributed by atoms with Gasteiger partial charge in [-0.3, -0.25) is 14.6 Å². The number of amides is 2. The van der Waals surface area contributed by atoms with Crippen molar-refractivity contribution in [3.05, 3.63) is 57.5 Å². The monoisotopic (exact) mass is 539 g/mol. The topological polar surface area (TPSA) is 80.2 Å². The molecule has 2 saturated heterocycles. The van der Waals surface area contributed by atoms with E-state index in [9.17, 15) is 22.8 Å². The molecule has 0 bridgehead atoms. The van der Waals surface area contributed by atoms with Gasteiger partial charge >= 0.3 is 6.18 Å². The lowest BCUT2D eigenvalue weighted by molar-refractivity contribution is -0.138. The lowest BCUT2D eigenvalue weighted by Gasteiger charge is -2.16. The molecule has 0 unspecified atom stereocenters. The average molecular weight is 540 g/mol. The van der Waals surface area contributed by atoms with Gasteiger partial charge in [0.1, 0.15) is 5.75 Å². The largest absolute Gasteiger partial charge is 0.493 e. The number of carbonyl (C=O) groups is 2. The van der Waals surface area contributed by atoms with Crippen molar-refractivity contribution in [3.8, 4) is 17.2 Å². The Bertz CT molecular complexity index is 1250. The van der Waals surface area contributed by atoms with Gasteiger partial charge in [0.15, 0.2) is 16.7 Å². The number of amidine groups is 1. The summed E-state index contributed by atoms with van der Waals surface area (Å²) in [7, 11) is 1.36. The normalized spacial score (nSPS) is 18.3. The zero-order valence-corrected chi connectivity index (χ0v) is 20.6. The number of likely N-dealkylation sites (tertiary alicyclic amines) is 1. The molecule has 0 atom stereocenters. The fourth-order valence-corrected chi connectivity index (χ4v) is 4.67. The van der Waals surface area contributed by atoms with Gasteiger partial charge in [0.25, 0.3) is 5.91 Å². The van der Waals surface area contributed by atoms with Gasteiger partial charge in [-0.25, -0.2) is 0 Å². The molecule has 7 nitrogen and oxygen atoms in total. The van der Waals surface area contributed by atoms with E-state index < -0.39 is 17.5 Å². The van der Waals surface area contributed by atoms with Crippen molar-refractivity contribution in [1.82, 2.24) is 10.2 Å². The number of ether oxygens (including phenoxy) is 2. The molecule has 2 heterocycles. The van der Waals surface area contributed by atoms with Crippen LogP contribution in [0.5, 0.6) is 17.2 Å². The molecule has 2 aliphatic rings. The Morgan fingerprint density at radius 3 is 2.64 bits per heavy atom. The Hall–Kier alpha value is -3.18. The van der Waals surface area contributed by atoms with E-state index in [2.05, 4.69) is 10.3 Å². The van der Waals surface area contributed by atoms with Crippen molar-refractivity contribution in [2.24, 2.45) is 4.99 Å². The molecule has 1 N–H and O–H groups in total. The molecular weight excluding hydrogens is 519 g/mol. The second-order valence-electron chi connectivity index (χ2n) is 7.89. The third-order valence-corrected chi connectivity index (χ3v) is 6.58. The maximum atomic E-state index is 13.4. The lowest BCUT2D eigenvalue weighted by atomic mass is 10.1. The van der Waals surface area contributed by atoms with E-state index in [0.29, 0.717) is 35.1 Å². The van der Waals surface area contributed by atoms with Crippen molar-refractivity contribution >= 4 is 46.4 Å². The first kappa shape index (κ1) is 25.9. The summed E-state index contributed by atoms with van der Waals surface area (Å²) >= 11 is 6.89. The Balaban J connectivity index is 1.48. The Labute approximate surface area is 214 Å². The van der Waals surface area contributed by atoms with Gasteiger partial charge in [-0.2, -0.15) is 13.2 Å². The van der Waals surface area contributed by atoms with Gasteiger partial charge in [-0.15, -0.1) is 0 Å². The molecule has 2 aliphatic heterocycles. The van der Waals surface area contributed by atoms with Gasteiger partial charge in [0, 0.05) is 24.5 Å². The fourth-order valence-electron chi connectivity index (χ4n) is 3.66. The van der Waals surface area contributed by atoms with E-state index in [1.165, 1.54) is 19.2 Å². The van der Waals surface area contributed by atoms with Gasteiger partial charge < -0.3 is 19.7 Å². The average Bonchev–Trinajstić information content (AvgIpc) is 3.39. The van der Waals surface area contributed by atoms with Gasteiger partial charge in [-0.1, -0.05) is 17.7 Å². The minimum atomic E-state index is -4.66. The van der Waals surface area contributed by atoms with Crippen molar-refractivity contribution in [1.29, 1.82) is 0 Å². The van der Waals surface area contributed by atoms with E-state index in [-0.39, 0.29) is 28.3 Å². The molecule has 36 heavy (non-hydrogen) atoms. The summed E-state index contributed by atoms with van der Waals surface area (Å²) in [5.41, 5.74) is -0.434. The van der Waals surface area contributed by atoms with Crippen LogP contribution in [0.1, 0.15) is 24.0 Å². The number of halogens is 4. The van der Waals surface area contributed by atoms with Crippen LogP contribution in [-0.4, -0.2) is 48.6 Å². The van der Waals surface area contributed by atoms with Crippen molar-refractivity contribution in [3.63, 3.8) is 0 Å². The summed E-state index contributed by atoms with van der Waals surface area (Å²) in [6.07, 6.45) is -1.63. The highest BCUT2D eigenvalue weighted by atomic mass is 35.5. The fraction of sp³-hybridized carbons (Fsp3) is 0.292. The number of methoxy groups -OCH3 is 1. The van der Waals surface area contributed by atoms with Crippen molar-refractivity contribution < 1.29 is 32.2 Å². The Morgan fingerprint density at radius 2 is 1.94 bits per heavy atom. The first-order valence-electron chi connectivity index (χ1n) is 10.9. The van der Waals surface area contributed by atoms with Crippen LogP contribution in [0.15, 0.2) is 46.3 Å². The highest BCUT2D eigenvalue weighted by Gasteiger charge is 2.35. The number of nitrogens with one attached hydrogen (secondary N) is 1. The third-order valence-electron chi connectivity index (χ3n) is 5.40. The maximum Gasteiger partial charge on any atom is 0.420 e. The summed E-state index contributed by atoms with van der Waals surface area (Å²) in [6, 6.07) is 7.83. The molecule has 2 aromatic carbocycles. The molecule has 190 valence electrons. The smallest absolute Gasteiger partial charge is 0.420 e. The Kier molecular flexibility index (Phi) is 7.79. The van der Waals surface area contributed by atoms with Crippen molar-refractivity contribution in [2.45, 2.75) is 19.0 Å². The number of benzene rings is 2. The van der Waals surface area contributed by atoms with Gasteiger partial charge in [0.05, 0.1) is 24.1 Å². The summed E-state index contributed by atoms with van der Waals surface area (Å²) in [4.78, 5) is 30.5. The molecule has 0 aromatic heterocycles. The van der Waals surface area contributed by atoms with Gasteiger partial charge in [-0.05, 0) is 60.2 Å². The molecular formula is C24H21ClF3N3O4S. The highest BCUT2D eigenvalue weighted by molar-refractivity contribution is 8.18. The SMILES string of the molecule is COc1cc(C=C2SC(=NCCN3CCCC3=O)NC2=O)ccc1Oc1ccc(Cl)cc1C(F)(F)F. The number of hydrogen-bond acceptors (Lipinski definition) is 6. The van der Waals surface area contributed by atoms with E-state index in [0.717, 1.165) is 36.9 Å². The zero-order valence-electron chi connectivity index (χ0n) is 19.0. The number of alkyl halides is 3. The van der Waals surface area contributed by atoms with E-state index in [4.69, 9.17) is 21.1 Å². The van der Waals surface area contributed by atoms with Crippen LogP contribution in [0.25, 0.3) is 6.08 Å². The predicted octanol–water partition coefficient (Wildman–Crippen LogP) is 5.34. The molecule has 2 fully saturated rings. The molecule has 2 amide bonds. The molecule has 0 saturated carbocycles. The molecule has 12 heteroatoms. The molecule has 2 aromatic rings. The number of carbonyl (C=O) groups excluding carboxylic acids is 2.